The summed E-state index contributed by atoms with van der Waals surface area (Å²) >= 11 is 12.3. The average molecular weight is 310 g/mol. The number of methoxy groups -OCH3 is 1. The first kappa shape index (κ1) is 15.2. The van der Waals surface area contributed by atoms with E-state index in [0.29, 0.717) is 16.6 Å². The third-order valence-electron chi connectivity index (χ3n) is 3.24. The molecule has 0 saturated carbocycles. The van der Waals surface area contributed by atoms with Crippen molar-refractivity contribution in [3.05, 3.63) is 63.6 Å². The molecule has 2 rings (SSSR count). The quantitative estimate of drug-likeness (QED) is 0.852. The molecule has 1 unspecified atom stereocenters. The minimum atomic E-state index is 0.103. The highest BCUT2D eigenvalue weighted by atomic mass is 35.5. The van der Waals surface area contributed by atoms with Gasteiger partial charge in [0.2, 0.25) is 0 Å². The number of para-hydroxylation sites is 1. The fourth-order valence-corrected chi connectivity index (χ4v) is 2.55. The molecule has 2 aromatic rings. The van der Waals surface area contributed by atoms with E-state index in [1.54, 1.807) is 13.2 Å². The lowest BCUT2D eigenvalue weighted by Crippen LogP contribution is -2.18. The fraction of sp³-hybridized carbons (Fsp3) is 0.250. The van der Waals surface area contributed by atoms with Crippen molar-refractivity contribution in [1.82, 2.24) is 5.32 Å². The SMILES string of the molecule is COc1ccccc1CNC(C)c1cccc(Cl)c1Cl. The molecule has 0 saturated heterocycles. The molecule has 2 nitrogen and oxygen atoms in total. The summed E-state index contributed by atoms with van der Waals surface area (Å²) in [5.74, 6) is 0.879. The molecule has 0 aliphatic carbocycles. The van der Waals surface area contributed by atoms with Gasteiger partial charge in [-0.25, -0.2) is 0 Å². The van der Waals surface area contributed by atoms with Crippen molar-refractivity contribution in [3.8, 4) is 5.75 Å². The smallest absolute Gasteiger partial charge is 0.123 e. The molecule has 0 radical (unpaired) electrons. The van der Waals surface area contributed by atoms with Gasteiger partial charge in [0, 0.05) is 18.2 Å². The summed E-state index contributed by atoms with van der Waals surface area (Å²) in [6.45, 7) is 2.76. The second-order valence-corrected chi connectivity index (χ2v) is 5.34. The average Bonchev–Trinajstić information content (AvgIpc) is 2.48. The Labute approximate surface area is 129 Å². The number of hydrogen-bond donors (Lipinski definition) is 1. The zero-order chi connectivity index (χ0) is 14.5. The van der Waals surface area contributed by atoms with Crippen molar-refractivity contribution >= 4 is 23.2 Å². The number of nitrogens with one attached hydrogen (secondary N) is 1. The summed E-state index contributed by atoms with van der Waals surface area (Å²) < 4.78 is 5.34. The Morgan fingerprint density at radius 3 is 2.60 bits per heavy atom. The lowest BCUT2D eigenvalue weighted by Gasteiger charge is -2.17. The fourth-order valence-electron chi connectivity index (χ4n) is 2.08. The van der Waals surface area contributed by atoms with E-state index < -0.39 is 0 Å². The lowest BCUT2D eigenvalue weighted by molar-refractivity contribution is 0.406. The highest BCUT2D eigenvalue weighted by Crippen LogP contribution is 2.30. The van der Waals surface area contributed by atoms with Crippen LogP contribution in [0.1, 0.15) is 24.1 Å². The molecule has 0 aliphatic heterocycles. The second kappa shape index (κ2) is 6.98. The van der Waals surface area contributed by atoms with Gasteiger partial charge in [-0.1, -0.05) is 53.5 Å². The molecule has 20 heavy (non-hydrogen) atoms. The van der Waals surface area contributed by atoms with E-state index in [4.69, 9.17) is 27.9 Å². The van der Waals surface area contributed by atoms with Gasteiger partial charge in [-0.15, -0.1) is 0 Å². The molecule has 0 bridgehead atoms. The van der Waals surface area contributed by atoms with Crippen LogP contribution in [0.4, 0.5) is 0 Å². The first-order chi connectivity index (χ1) is 9.63. The topological polar surface area (TPSA) is 21.3 Å². The normalized spacial score (nSPS) is 12.2. The maximum absolute atomic E-state index is 6.23. The van der Waals surface area contributed by atoms with Crippen LogP contribution >= 0.6 is 23.2 Å². The molecule has 0 fully saturated rings. The van der Waals surface area contributed by atoms with Crippen LogP contribution in [0.15, 0.2) is 42.5 Å². The van der Waals surface area contributed by atoms with Gasteiger partial charge < -0.3 is 10.1 Å². The van der Waals surface area contributed by atoms with Gasteiger partial charge in [-0.2, -0.15) is 0 Å². The Kier molecular flexibility index (Phi) is 5.30. The molecule has 2 aromatic carbocycles. The van der Waals surface area contributed by atoms with Gasteiger partial charge in [-0.05, 0) is 24.6 Å². The summed E-state index contributed by atoms with van der Waals surface area (Å²) in [7, 11) is 1.68. The predicted molar refractivity (Wildman–Crippen MR) is 84.7 cm³/mol. The lowest BCUT2D eigenvalue weighted by atomic mass is 10.1. The van der Waals surface area contributed by atoms with Crippen molar-refractivity contribution in [1.29, 1.82) is 0 Å². The Morgan fingerprint density at radius 2 is 1.85 bits per heavy atom. The third kappa shape index (κ3) is 3.45. The third-order valence-corrected chi connectivity index (χ3v) is 4.07. The van der Waals surface area contributed by atoms with Crippen molar-refractivity contribution < 1.29 is 4.74 Å². The van der Waals surface area contributed by atoms with Crippen LogP contribution < -0.4 is 10.1 Å². The highest BCUT2D eigenvalue weighted by Gasteiger charge is 2.12. The van der Waals surface area contributed by atoms with E-state index >= 15 is 0 Å². The molecule has 0 aromatic heterocycles. The standard InChI is InChI=1S/C16H17Cl2NO/c1-11(13-7-5-8-14(17)16(13)18)19-10-12-6-3-4-9-15(12)20-2/h3-9,11,19H,10H2,1-2H3. The van der Waals surface area contributed by atoms with E-state index in [2.05, 4.69) is 12.2 Å². The van der Waals surface area contributed by atoms with Crippen LogP contribution in [0.2, 0.25) is 10.0 Å². The van der Waals surface area contributed by atoms with Crippen LogP contribution in [0.3, 0.4) is 0 Å². The first-order valence-electron chi connectivity index (χ1n) is 6.42. The Hall–Kier alpha value is -1.22. The van der Waals surface area contributed by atoms with Gasteiger partial charge in [0.15, 0.2) is 0 Å². The number of ether oxygens (including phenoxy) is 1. The predicted octanol–water partition coefficient (Wildman–Crippen LogP) is 4.85. The monoisotopic (exact) mass is 309 g/mol. The number of rotatable bonds is 5. The van der Waals surface area contributed by atoms with Gasteiger partial charge in [-0.3, -0.25) is 0 Å². The zero-order valence-corrected chi connectivity index (χ0v) is 13.0. The summed E-state index contributed by atoms with van der Waals surface area (Å²) in [5.41, 5.74) is 2.11. The van der Waals surface area contributed by atoms with E-state index in [0.717, 1.165) is 16.9 Å². The largest absolute Gasteiger partial charge is 0.496 e. The summed E-state index contributed by atoms with van der Waals surface area (Å²) in [6, 6.07) is 13.7. The van der Waals surface area contributed by atoms with E-state index in [1.807, 2.05) is 36.4 Å². The molecule has 0 aliphatic rings. The minimum absolute atomic E-state index is 0.103. The Morgan fingerprint density at radius 1 is 1.10 bits per heavy atom. The summed E-state index contributed by atoms with van der Waals surface area (Å²) in [5, 5.41) is 4.62. The van der Waals surface area contributed by atoms with E-state index in [-0.39, 0.29) is 6.04 Å². The van der Waals surface area contributed by atoms with Crippen molar-refractivity contribution in [2.24, 2.45) is 0 Å². The molecule has 106 valence electrons. The van der Waals surface area contributed by atoms with Gasteiger partial charge in [0.25, 0.3) is 0 Å². The van der Waals surface area contributed by atoms with Crippen molar-refractivity contribution in [3.63, 3.8) is 0 Å². The Balaban J connectivity index is 2.09. The maximum Gasteiger partial charge on any atom is 0.123 e. The van der Waals surface area contributed by atoms with Crippen LogP contribution in [0.25, 0.3) is 0 Å². The van der Waals surface area contributed by atoms with E-state index in [1.165, 1.54) is 0 Å². The summed E-state index contributed by atoms with van der Waals surface area (Å²) in [4.78, 5) is 0. The Bertz CT molecular complexity index is 586. The number of halogens is 2. The molecule has 0 amide bonds. The van der Waals surface area contributed by atoms with Crippen LogP contribution in [0, 0.1) is 0 Å². The molecular weight excluding hydrogens is 293 g/mol. The van der Waals surface area contributed by atoms with E-state index in [9.17, 15) is 0 Å². The van der Waals surface area contributed by atoms with Crippen LogP contribution in [0.5, 0.6) is 5.75 Å². The molecule has 1 atom stereocenters. The van der Waals surface area contributed by atoms with Gasteiger partial charge in [0.05, 0.1) is 17.2 Å². The zero-order valence-electron chi connectivity index (χ0n) is 11.5. The van der Waals surface area contributed by atoms with Gasteiger partial charge in [0.1, 0.15) is 5.75 Å². The van der Waals surface area contributed by atoms with Crippen molar-refractivity contribution in [2.45, 2.75) is 19.5 Å². The minimum Gasteiger partial charge on any atom is -0.496 e. The highest BCUT2D eigenvalue weighted by molar-refractivity contribution is 6.42. The summed E-state index contributed by atoms with van der Waals surface area (Å²) in [6.07, 6.45) is 0. The van der Waals surface area contributed by atoms with Crippen LogP contribution in [-0.4, -0.2) is 7.11 Å². The molecule has 1 N–H and O–H groups in total. The number of hydrogen-bond acceptors (Lipinski definition) is 2. The maximum atomic E-state index is 6.23. The molecule has 0 heterocycles. The van der Waals surface area contributed by atoms with Gasteiger partial charge >= 0.3 is 0 Å². The number of benzene rings is 2. The van der Waals surface area contributed by atoms with Crippen molar-refractivity contribution in [2.75, 3.05) is 7.11 Å². The second-order valence-electron chi connectivity index (χ2n) is 4.56. The molecule has 4 heteroatoms. The first-order valence-corrected chi connectivity index (χ1v) is 7.18. The molecule has 0 spiro atoms. The molecular formula is C16H17Cl2NO. The van der Waals surface area contributed by atoms with Crippen LogP contribution in [-0.2, 0) is 6.54 Å².